The van der Waals surface area contributed by atoms with Gasteiger partial charge in [0.1, 0.15) is 5.69 Å². The Balaban J connectivity index is 2.53. The number of rotatable bonds is 8. The number of carbonyl (C=O) groups is 1. The van der Waals surface area contributed by atoms with Gasteiger partial charge in [0.2, 0.25) is 0 Å². The van der Waals surface area contributed by atoms with Crippen LogP contribution in [0.15, 0.2) is 0 Å². The first-order valence-corrected chi connectivity index (χ1v) is 6.59. The Kier molecular flexibility index (Phi) is 5.87. The molecule has 0 N–H and O–H groups in total. The Morgan fingerprint density at radius 2 is 1.94 bits per heavy atom. The van der Waals surface area contributed by atoms with Gasteiger partial charge >= 0.3 is 0 Å². The van der Waals surface area contributed by atoms with E-state index >= 15 is 0 Å². The summed E-state index contributed by atoms with van der Waals surface area (Å²) in [5.41, 5.74) is 1.46. The third-order valence-electron chi connectivity index (χ3n) is 2.93. The van der Waals surface area contributed by atoms with E-state index in [9.17, 15) is 4.79 Å². The quantitative estimate of drug-likeness (QED) is 0.515. The third kappa shape index (κ3) is 3.95. The lowest BCUT2D eigenvalue weighted by Crippen LogP contribution is -2.08. The number of nitrogens with zero attached hydrogens (tertiary/aromatic N) is 3. The largest absolute Gasteiger partial charge is 0.296 e. The van der Waals surface area contributed by atoms with Gasteiger partial charge in [-0.2, -0.15) is 0 Å². The molecule has 0 atom stereocenters. The predicted octanol–water partition coefficient (Wildman–Crippen LogP) is 3.18. The van der Waals surface area contributed by atoms with Gasteiger partial charge in [-0.05, 0) is 12.3 Å². The van der Waals surface area contributed by atoms with Crippen LogP contribution in [0.5, 0.6) is 0 Å². The highest BCUT2D eigenvalue weighted by molar-refractivity contribution is 5.73. The van der Waals surface area contributed by atoms with Gasteiger partial charge in [-0.3, -0.25) is 4.79 Å². The van der Waals surface area contributed by atoms with E-state index in [1.54, 1.807) is 0 Å². The highest BCUT2D eigenvalue weighted by atomic mass is 16.1. The van der Waals surface area contributed by atoms with Crippen molar-refractivity contribution < 1.29 is 4.79 Å². The van der Waals surface area contributed by atoms with Crippen LogP contribution in [0.2, 0.25) is 0 Å². The normalized spacial score (nSPS) is 11.1. The molecule has 0 aliphatic carbocycles. The Hall–Kier alpha value is -1.19. The maximum atomic E-state index is 10.8. The predicted molar refractivity (Wildman–Crippen MR) is 68.3 cm³/mol. The van der Waals surface area contributed by atoms with Crippen LogP contribution in [-0.4, -0.2) is 21.3 Å². The molecule has 0 saturated heterocycles. The van der Waals surface area contributed by atoms with Crippen LogP contribution in [0.3, 0.4) is 0 Å². The zero-order valence-electron chi connectivity index (χ0n) is 11.1. The lowest BCUT2D eigenvalue weighted by atomic mass is 10.1. The summed E-state index contributed by atoms with van der Waals surface area (Å²) >= 11 is 0. The SMILES string of the molecule is CCCCCCCn1nnc(C=O)c1C(C)C. The summed E-state index contributed by atoms with van der Waals surface area (Å²) in [4.78, 5) is 10.8. The van der Waals surface area contributed by atoms with E-state index < -0.39 is 0 Å². The van der Waals surface area contributed by atoms with Gasteiger partial charge in [-0.15, -0.1) is 5.10 Å². The first kappa shape index (κ1) is 13.9. The number of hydrogen-bond acceptors (Lipinski definition) is 3. The smallest absolute Gasteiger partial charge is 0.172 e. The Labute approximate surface area is 103 Å². The Morgan fingerprint density at radius 3 is 2.53 bits per heavy atom. The standard InChI is InChI=1S/C13H23N3O/c1-4-5-6-7-8-9-16-13(11(2)3)12(10-17)14-15-16/h10-11H,4-9H2,1-3H3. The van der Waals surface area contributed by atoms with Crippen LogP contribution in [0.25, 0.3) is 0 Å². The van der Waals surface area contributed by atoms with Crippen LogP contribution < -0.4 is 0 Å². The lowest BCUT2D eigenvalue weighted by Gasteiger charge is -2.09. The molecule has 0 radical (unpaired) electrons. The van der Waals surface area contributed by atoms with Crippen molar-refractivity contribution in [2.45, 2.75) is 65.3 Å². The lowest BCUT2D eigenvalue weighted by molar-refractivity contribution is 0.111. The van der Waals surface area contributed by atoms with E-state index in [2.05, 4.69) is 31.1 Å². The number of aromatic nitrogens is 3. The molecule has 0 spiro atoms. The molecule has 1 heterocycles. The molecular formula is C13H23N3O. The van der Waals surface area contributed by atoms with Crippen LogP contribution in [0.1, 0.15) is 75.0 Å². The maximum absolute atomic E-state index is 10.8. The molecule has 4 heteroatoms. The molecule has 1 aromatic rings. The Bertz CT molecular complexity index is 344. The molecule has 96 valence electrons. The first-order valence-electron chi connectivity index (χ1n) is 6.59. The van der Waals surface area contributed by atoms with Gasteiger partial charge < -0.3 is 0 Å². The topological polar surface area (TPSA) is 47.8 Å². The van der Waals surface area contributed by atoms with Crippen LogP contribution >= 0.6 is 0 Å². The molecule has 4 nitrogen and oxygen atoms in total. The summed E-state index contributed by atoms with van der Waals surface area (Å²) in [6.07, 6.45) is 6.98. The van der Waals surface area contributed by atoms with Crippen molar-refractivity contribution in [2.75, 3.05) is 0 Å². The van der Waals surface area contributed by atoms with Gasteiger partial charge in [-0.1, -0.05) is 51.7 Å². The fourth-order valence-electron chi connectivity index (χ4n) is 2.04. The minimum absolute atomic E-state index is 0.292. The summed E-state index contributed by atoms with van der Waals surface area (Å²) < 4.78 is 1.89. The summed E-state index contributed by atoms with van der Waals surface area (Å²) in [6, 6.07) is 0. The summed E-state index contributed by atoms with van der Waals surface area (Å²) in [6.45, 7) is 7.22. The number of aryl methyl sites for hydroxylation is 1. The van der Waals surface area contributed by atoms with Crippen LogP contribution in [-0.2, 0) is 6.54 Å². The van der Waals surface area contributed by atoms with E-state index in [-0.39, 0.29) is 0 Å². The van der Waals surface area contributed by atoms with Crippen LogP contribution in [0, 0.1) is 0 Å². The molecule has 0 unspecified atom stereocenters. The van der Waals surface area contributed by atoms with Crippen molar-refractivity contribution in [3.05, 3.63) is 11.4 Å². The monoisotopic (exact) mass is 237 g/mol. The second-order valence-corrected chi connectivity index (χ2v) is 4.77. The minimum Gasteiger partial charge on any atom is -0.296 e. The highest BCUT2D eigenvalue weighted by Crippen LogP contribution is 2.17. The van der Waals surface area contributed by atoms with Crippen molar-refractivity contribution in [1.29, 1.82) is 0 Å². The molecule has 1 aromatic heterocycles. The van der Waals surface area contributed by atoms with Gasteiger partial charge in [0, 0.05) is 6.54 Å². The molecule has 0 saturated carbocycles. The molecule has 0 bridgehead atoms. The molecule has 0 aromatic carbocycles. The van der Waals surface area contributed by atoms with E-state index in [1.807, 2.05) is 4.68 Å². The third-order valence-corrected chi connectivity index (χ3v) is 2.93. The van der Waals surface area contributed by atoms with Crippen molar-refractivity contribution in [3.8, 4) is 0 Å². The Morgan fingerprint density at radius 1 is 1.24 bits per heavy atom. The number of carbonyl (C=O) groups excluding carboxylic acids is 1. The number of hydrogen-bond donors (Lipinski definition) is 0. The van der Waals surface area contributed by atoms with E-state index in [1.165, 1.54) is 25.7 Å². The molecule has 0 amide bonds. The van der Waals surface area contributed by atoms with Crippen molar-refractivity contribution in [3.63, 3.8) is 0 Å². The summed E-state index contributed by atoms with van der Waals surface area (Å²) in [7, 11) is 0. The average molecular weight is 237 g/mol. The molecule has 17 heavy (non-hydrogen) atoms. The number of unbranched alkanes of at least 4 members (excludes halogenated alkanes) is 4. The van der Waals surface area contributed by atoms with Gasteiger partial charge in [0.15, 0.2) is 6.29 Å². The average Bonchev–Trinajstić information content (AvgIpc) is 2.72. The highest BCUT2D eigenvalue weighted by Gasteiger charge is 2.14. The maximum Gasteiger partial charge on any atom is 0.172 e. The van der Waals surface area contributed by atoms with Crippen molar-refractivity contribution >= 4 is 6.29 Å². The zero-order chi connectivity index (χ0) is 12.7. The van der Waals surface area contributed by atoms with E-state index in [4.69, 9.17) is 0 Å². The zero-order valence-corrected chi connectivity index (χ0v) is 11.1. The second-order valence-electron chi connectivity index (χ2n) is 4.77. The van der Waals surface area contributed by atoms with Gasteiger partial charge in [0.05, 0.1) is 5.69 Å². The fraction of sp³-hybridized carbons (Fsp3) is 0.769. The molecule has 1 rings (SSSR count). The summed E-state index contributed by atoms with van der Waals surface area (Å²) in [5.74, 6) is 0.292. The number of aldehydes is 1. The van der Waals surface area contributed by atoms with Gasteiger partial charge in [0.25, 0.3) is 0 Å². The van der Waals surface area contributed by atoms with Crippen LogP contribution in [0.4, 0.5) is 0 Å². The second kappa shape index (κ2) is 7.20. The molecule has 0 aliphatic rings. The molecule has 0 aliphatic heterocycles. The minimum atomic E-state index is 0.292. The fourth-order valence-corrected chi connectivity index (χ4v) is 2.04. The van der Waals surface area contributed by atoms with Crippen molar-refractivity contribution in [1.82, 2.24) is 15.0 Å². The first-order chi connectivity index (χ1) is 8.20. The van der Waals surface area contributed by atoms with Crippen molar-refractivity contribution in [2.24, 2.45) is 0 Å². The van der Waals surface area contributed by atoms with E-state index in [0.29, 0.717) is 11.6 Å². The summed E-state index contributed by atoms with van der Waals surface area (Å²) in [5, 5.41) is 7.98. The van der Waals surface area contributed by atoms with Gasteiger partial charge in [-0.25, -0.2) is 4.68 Å². The molecular weight excluding hydrogens is 214 g/mol. The molecule has 0 fully saturated rings. The van der Waals surface area contributed by atoms with E-state index in [0.717, 1.165) is 24.9 Å².